The summed E-state index contributed by atoms with van der Waals surface area (Å²) in [6, 6.07) is 8.00. The second kappa shape index (κ2) is 5.60. The fourth-order valence-corrected chi connectivity index (χ4v) is 1.75. The predicted octanol–water partition coefficient (Wildman–Crippen LogP) is 2.13. The average Bonchev–Trinajstić information content (AvgIpc) is 2.40. The molecule has 0 aromatic carbocycles. The molecule has 0 aliphatic rings. The molecule has 2 N–H and O–H groups in total. The van der Waals surface area contributed by atoms with Crippen molar-refractivity contribution >= 4 is 5.69 Å². The minimum Gasteiger partial charge on any atom is -0.369 e. The molecule has 0 radical (unpaired) electrons. The van der Waals surface area contributed by atoms with Crippen molar-refractivity contribution in [3.63, 3.8) is 0 Å². The van der Waals surface area contributed by atoms with E-state index in [9.17, 15) is 0 Å². The van der Waals surface area contributed by atoms with Gasteiger partial charge in [-0.3, -0.25) is 9.97 Å². The number of hydrogen-bond acceptors (Lipinski definition) is 4. The van der Waals surface area contributed by atoms with Gasteiger partial charge in [-0.1, -0.05) is 6.07 Å². The lowest BCUT2D eigenvalue weighted by molar-refractivity contribution is 0.778. The highest BCUT2D eigenvalue weighted by molar-refractivity contribution is 5.44. The first-order chi connectivity index (χ1) is 8.66. The standard InChI is InChI=1S/C14H18N4/c1-11(15)14-6-5-13(9-17-14)18(2)10-12-4-3-7-16-8-12/h3-9,11H,10,15H2,1-2H3/t11-/m1/s1. The lowest BCUT2D eigenvalue weighted by Gasteiger charge is -2.19. The first kappa shape index (κ1) is 12.5. The van der Waals surface area contributed by atoms with Crippen LogP contribution in [0, 0.1) is 0 Å². The number of pyridine rings is 2. The van der Waals surface area contributed by atoms with Crippen LogP contribution in [0.1, 0.15) is 24.2 Å². The number of aromatic nitrogens is 2. The molecule has 0 amide bonds. The lowest BCUT2D eigenvalue weighted by atomic mass is 10.2. The van der Waals surface area contributed by atoms with Crippen LogP contribution in [0.5, 0.6) is 0 Å². The van der Waals surface area contributed by atoms with Gasteiger partial charge in [0.2, 0.25) is 0 Å². The van der Waals surface area contributed by atoms with Crippen molar-refractivity contribution in [3.8, 4) is 0 Å². The maximum Gasteiger partial charge on any atom is 0.0569 e. The molecule has 2 aromatic rings. The van der Waals surface area contributed by atoms with Crippen molar-refractivity contribution in [2.24, 2.45) is 5.73 Å². The molecular formula is C14H18N4. The van der Waals surface area contributed by atoms with Crippen LogP contribution in [0.3, 0.4) is 0 Å². The van der Waals surface area contributed by atoms with Gasteiger partial charge in [0.05, 0.1) is 17.6 Å². The molecule has 94 valence electrons. The van der Waals surface area contributed by atoms with Gasteiger partial charge in [-0.25, -0.2) is 0 Å². The first-order valence-electron chi connectivity index (χ1n) is 5.98. The average molecular weight is 242 g/mol. The Labute approximate surface area is 107 Å². The van der Waals surface area contributed by atoms with Crippen LogP contribution < -0.4 is 10.6 Å². The molecular weight excluding hydrogens is 224 g/mol. The van der Waals surface area contributed by atoms with Crippen molar-refractivity contribution in [3.05, 3.63) is 54.1 Å². The van der Waals surface area contributed by atoms with Crippen molar-refractivity contribution in [2.75, 3.05) is 11.9 Å². The lowest BCUT2D eigenvalue weighted by Crippen LogP contribution is -2.17. The second-order valence-corrected chi connectivity index (χ2v) is 4.45. The monoisotopic (exact) mass is 242 g/mol. The molecule has 0 aliphatic heterocycles. The van der Waals surface area contributed by atoms with Crippen LogP contribution in [0.15, 0.2) is 42.9 Å². The molecule has 1 atom stereocenters. The number of rotatable bonds is 4. The Bertz CT molecular complexity index is 479. The van der Waals surface area contributed by atoms with Gasteiger partial charge in [0.25, 0.3) is 0 Å². The van der Waals surface area contributed by atoms with Crippen molar-refractivity contribution in [1.82, 2.24) is 9.97 Å². The first-order valence-corrected chi connectivity index (χ1v) is 5.98. The maximum absolute atomic E-state index is 5.78. The maximum atomic E-state index is 5.78. The number of hydrogen-bond donors (Lipinski definition) is 1. The summed E-state index contributed by atoms with van der Waals surface area (Å²) in [6.45, 7) is 2.74. The summed E-state index contributed by atoms with van der Waals surface area (Å²) in [5, 5.41) is 0. The van der Waals surface area contributed by atoms with Gasteiger partial charge in [0, 0.05) is 32.0 Å². The summed E-state index contributed by atoms with van der Waals surface area (Å²) in [6.07, 6.45) is 5.51. The van der Waals surface area contributed by atoms with Gasteiger partial charge >= 0.3 is 0 Å². The van der Waals surface area contributed by atoms with Gasteiger partial charge in [-0.2, -0.15) is 0 Å². The predicted molar refractivity (Wildman–Crippen MR) is 73.2 cm³/mol. The summed E-state index contributed by atoms with van der Waals surface area (Å²) in [5.74, 6) is 0. The second-order valence-electron chi connectivity index (χ2n) is 4.45. The number of nitrogens with two attached hydrogens (primary N) is 1. The van der Waals surface area contributed by atoms with Crippen LogP contribution in [0.4, 0.5) is 5.69 Å². The summed E-state index contributed by atoms with van der Waals surface area (Å²) >= 11 is 0. The van der Waals surface area contributed by atoms with E-state index in [1.54, 1.807) is 6.20 Å². The van der Waals surface area contributed by atoms with Gasteiger partial charge in [-0.05, 0) is 30.7 Å². The van der Waals surface area contributed by atoms with Crippen LogP contribution in [0.2, 0.25) is 0 Å². The Morgan fingerprint density at radius 3 is 2.67 bits per heavy atom. The van der Waals surface area contributed by atoms with Crippen LogP contribution in [-0.4, -0.2) is 17.0 Å². The zero-order valence-corrected chi connectivity index (χ0v) is 10.7. The zero-order valence-electron chi connectivity index (χ0n) is 10.7. The normalized spacial score (nSPS) is 12.2. The fraction of sp³-hybridized carbons (Fsp3) is 0.286. The highest BCUT2D eigenvalue weighted by atomic mass is 15.1. The SMILES string of the molecule is C[C@@H](N)c1ccc(N(C)Cc2cccnc2)cn1. The Balaban J connectivity index is 2.07. The van der Waals surface area contributed by atoms with E-state index in [0.717, 1.165) is 17.9 Å². The molecule has 0 saturated carbocycles. The van der Waals surface area contributed by atoms with Crippen LogP contribution in [-0.2, 0) is 6.54 Å². The van der Waals surface area contributed by atoms with E-state index in [1.807, 2.05) is 44.6 Å². The summed E-state index contributed by atoms with van der Waals surface area (Å²) in [5.41, 5.74) is 8.94. The summed E-state index contributed by atoms with van der Waals surface area (Å²) in [4.78, 5) is 10.6. The molecule has 0 saturated heterocycles. The topological polar surface area (TPSA) is 55.0 Å². The molecule has 0 aliphatic carbocycles. The molecule has 4 heteroatoms. The Morgan fingerprint density at radius 2 is 2.11 bits per heavy atom. The van der Waals surface area contributed by atoms with Crippen LogP contribution in [0.25, 0.3) is 0 Å². The molecule has 18 heavy (non-hydrogen) atoms. The molecule has 2 heterocycles. The Kier molecular flexibility index (Phi) is 3.89. The van der Waals surface area contributed by atoms with Gasteiger partial charge in [0.15, 0.2) is 0 Å². The molecule has 4 nitrogen and oxygen atoms in total. The molecule has 0 fully saturated rings. The third-order valence-corrected chi connectivity index (χ3v) is 2.82. The number of nitrogens with zero attached hydrogens (tertiary/aromatic N) is 3. The summed E-state index contributed by atoms with van der Waals surface area (Å²) < 4.78 is 0. The number of anilines is 1. The molecule has 0 spiro atoms. The van der Waals surface area contributed by atoms with E-state index in [4.69, 9.17) is 5.73 Å². The highest BCUT2D eigenvalue weighted by Crippen LogP contribution is 2.16. The van der Waals surface area contributed by atoms with Crippen LogP contribution >= 0.6 is 0 Å². The quantitative estimate of drug-likeness (QED) is 0.892. The van der Waals surface area contributed by atoms with E-state index < -0.39 is 0 Å². The van der Waals surface area contributed by atoms with E-state index in [2.05, 4.69) is 20.9 Å². The molecule has 0 bridgehead atoms. The Hall–Kier alpha value is -1.94. The molecule has 2 aromatic heterocycles. The van der Waals surface area contributed by atoms with Gasteiger partial charge < -0.3 is 10.6 Å². The largest absolute Gasteiger partial charge is 0.369 e. The minimum atomic E-state index is -0.0253. The van der Waals surface area contributed by atoms with E-state index in [0.29, 0.717) is 0 Å². The fourth-order valence-electron chi connectivity index (χ4n) is 1.75. The minimum absolute atomic E-state index is 0.0253. The third kappa shape index (κ3) is 3.05. The molecule has 2 rings (SSSR count). The smallest absolute Gasteiger partial charge is 0.0569 e. The third-order valence-electron chi connectivity index (χ3n) is 2.82. The van der Waals surface area contributed by atoms with E-state index in [-0.39, 0.29) is 6.04 Å². The molecule has 0 unspecified atom stereocenters. The van der Waals surface area contributed by atoms with Gasteiger partial charge in [-0.15, -0.1) is 0 Å². The van der Waals surface area contributed by atoms with E-state index >= 15 is 0 Å². The van der Waals surface area contributed by atoms with Crippen molar-refractivity contribution in [1.29, 1.82) is 0 Å². The zero-order chi connectivity index (χ0) is 13.0. The van der Waals surface area contributed by atoms with Gasteiger partial charge in [0.1, 0.15) is 0 Å². The van der Waals surface area contributed by atoms with Crippen molar-refractivity contribution in [2.45, 2.75) is 19.5 Å². The summed E-state index contributed by atoms with van der Waals surface area (Å²) in [7, 11) is 2.04. The van der Waals surface area contributed by atoms with E-state index in [1.165, 1.54) is 5.56 Å². The Morgan fingerprint density at radius 1 is 1.28 bits per heavy atom. The highest BCUT2D eigenvalue weighted by Gasteiger charge is 2.05. The van der Waals surface area contributed by atoms with Crippen molar-refractivity contribution < 1.29 is 0 Å².